The van der Waals surface area contributed by atoms with Crippen molar-refractivity contribution in [3.63, 3.8) is 0 Å². The van der Waals surface area contributed by atoms with Crippen molar-refractivity contribution < 1.29 is 9.84 Å². The molecule has 0 spiro atoms. The topological polar surface area (TPSA) is 92.1 Å². The number of H-pyrrole nitrogens is 1. The zero-order chi connectivity index (χ0) is 15.4. The van der Waals surface area contributed by atoms with Crippen LogP contribution in [0.5, 0.6) is 0 Å². The molecule has 2 N–H and O–H groups in total. The third-order valence-electron chi connectivity index (χ3n) is 3.75. The summed E-state index contributed by atoms with van der Waals surface area (Å²) in [5.74, 6) is 1.57. The molecule has 0 bridgehead atoms. The molecular formula is C14H22N6O2. The zero-order valence-electron chi connectivity index (χ0n) is 12.7. The summed E-state index contributed by atoms with van der Waals surface area (Å²) in [5, 5.41) is 21.4. The average molecular weight is 306 g/mol. The van der Waals surface area contributed by atoms with Crippen LogP contribution in [0.3, 0.4) is 0 Å². The molecule has 8 heteroatoms. The number of nitrogens with zero attached hydrogens (tertiary/aromatic N) is 5. The van der Waals surface area contributed by atoms with Crippen LogP contribution < -0.4 is 0 Å². The number of rotatable bonds is 6. The molecule has 0 amide bonds. The van der Waals surface area contributed by atoms with E-state index in [9.17, 15) is 5.11 Å². The van der Waals surface area contributed by atoms with E-state index in [2.05, 4.69) is 25.2 Å². The molecule has 2 atom stereocenters. The van der Waals surface area contributed by atoms with Gasteiger partial charge in [0, 0.05) is 38.4 Å². The van der Waals surface area contributed by atoms with Crippen molar-refractivity contribution >= 4 is 0 Å². The van der Waals surface area contributed by atoms with Crippen molar-refractivity contribution in [3.8, 4) is 0 Å². The molecule has 2 aromatic rings. The highest BCUT2D eigenvalue weighted by Crippen LogP contribution is 2.19. The van der Waals surface area contributed by atoms with Crippen LogP contribution in [0.4, 0.5) is 0 Å². The molecule has 0 aliphatic carbocycles. The van der Waals surface area contributed by atoms with Gasteiger partial charge in [0.1, 0.15) is 11.9 Å². The smallest absolute Gasteiger partial charge is 0.180 e. The van der Waals surface area contributed by atoms with E-state index in [-0.39, 0.29) is 6.10 Å². The third kappa shape index (κ3) is 3.70. The van der Waals surface area contributed by atoms with E-state index in [4.69, 9.17) is 4.74 Å². The van der Waals surface area contributed by atoms with Crippen LogP contribution in [0.2, 0.25) is 0 Å². The second-order valence-corrected chi connectivity index (χ2v) is 5.49. The number of hydrogen-bond acceptors (Lipinski definition) is 6. The first kappa shape index (κ1) is 15.1. The van der Waals surface area contributed by atoms with Crippen LogP contribution in [0, 0.1) is 0 Å². The van der Waals surface area contributed by atoms with Crippen molar-refractivity contribution in [3.05, 3.63) is 30.1 Å². The lowest BCUT2D eigenvalue weighted by Crippen LogP contribution is -2.43. The quantitative estimate of drug-likeness (QED) is 0.780. The highest BCUT2D eigenvalue weighted by Gasteiger charge is 2.26. The summed E-state index contributed by atoms with van der Waals surface area (Å²) in [6.07, 6.45) is 3.79. The van der Waals surface area contributed by atoms with Gasteiger partial charge in [-0.1, -0.05) is 6.92 Å². The van der Waals surface area contributed by atoms with Gasteiger partial charge in [-0.15, -0.1) is 0 Å². The fourth-order valence-corrected chi connectivity index (χ4v) is 2.62. The lowest BCUT2D eigenvalue weighted by atomic mass is 10.2. The third-order valence-corrected chi connectivity index (χ3v) is 3.75. The predicted octanol–water partition coefficient (Wildman–Crippen LogP) is -0.00200. The Morgan fingerprint density at radius 3 is 3.14 bits per heavy atom. The Kier molecular flexibility index (Phi) is 4.81. The largest absolute Gasteiger partial charge is 0.390 e. The van der Waals surface area contributed by atoms with Crippen LogP contribution in [-0.2, 0) is 17.7 Å². The van der Waals surface area contributed by atoms with E-state index in [1.165, 1.54) is 0 Å². The number of aryl methyl sites for hydroxylation is 1. The fraction of sp³-hybridized carbons (Fsp3) is 0.643. The summed E-state index contributed by atoms with van der Waals surface area (Å²) < 4.78 is 7.50. The number of aromatic nitrogens is 5. The van der Waals surface area contributed by atoms with Gasteiger partial charge in [-0.3, -0.25) is 14.7 Å². The number of nitrogens with one attached hydrogen (secondary N) is 1. The van der Waals surface area contributed by atoms with Gasteiger partial charge in [0.25, 0.3) is 0 Å². The van der Waals surface area contributed by atoms with Crippen LogP contribution in [0.15, 0.2) is 18.5 Å². The molecule has 2 aromatic heterocycles. The number of aliphatic hydroxyl groups is 1. The van der Waals surface area contributed by atoms with Crippen LogP contribution >= 0.6 is 0 Å². The fourth-order valence-electron chi connectivity index (χ4n) is 2.62. The van der Waals surface area contributed by atoms with E-state index in [0.717, 1.165) is 18.8 Å². The highest BCUT2D eigenvalue weighted by molar-refractivity contribution is 4.96. The molecule has 3 rings (SSSR count). The average Bonchev–Trinajstić information content (AvgIpc) is 3.18. The normalized spacial score (nSPS) is 21.1. The minimum Gasteiger partial charge on any atom is -0.390 e. The molecule has 0 radical (unpaired) electrons. The molecule has 0 unspecified atom stereocenters. The molecular weight excluding hydrogens is 284 g/mol. The SMILES string of the molecule is CCc1nc([C@@H]2CN(C[C@@H](O)Cn3cccn3)CCO2)n[nH]1. The summed E-state index contributed by atoms with van der Waals surface area (Å²) >= 11 is 0. The van der Waals surface area contributed by atoms with Gasteiger partial charge in [0.2, 0.25) is 0 Å². The van der Waals surface area contributed by atoms with Crippen LogP contribution in [0.1, 0.15) is 24.7 Å². The molecule has 22 heavy (non-hydrogen) atoms. The first-order valence-corrected chi connectivity index (χ1v) is 7.65. The van der Waals surface area contributed by atoms with Crippen molar-refractivity contribution in [2.45, 2.75) is 32.1 Å². The lowest BCUT2D eigenvalue weighted by molar-refractivity contribution is -0.0473. The highest BCUT2D eigenvalue weighted by atomic mass is 16.5. The molecule has 1 fully saturated rings. The zero-order valence-corrected chi connectivity index (χ0v) is 12.7. The monoisotopic (exact) mass is 306 g/mol. The van der Waals surface area contributed by atoms with E-state index in [1.54, 1.807) is 10.9 Å². The van der Waals surface area contributed by atoms with E-state index in [1.807, 2.05) is 19.2 Å². The maximum Gasteiger partial charge on any atom is 0.180 e. The Hall–Kier alpha value is -1.77. The molecule has 120 valence electrons. The Labute approximate surface area is 129 Å². The van der Waals surface area contributed by atoms with Crippen molar-refractivity contribution in [1.82, 2.24) is 29.9 Å². The van der Waals surface area contributed by atoms with Gasteiger partial charge in [0.05, 0.1) is 19.3 Å². The standard InChI is InChI=1S/C14H22N6O2/c1-2-13-16-14(18-17-13)12-10-19(6-7-22-12)8-11(21)9-20-5-3-4-15-20/h3-5,11-12,21H,2,6-10H2,1H3,(H,16,17,18)/t11-,12+/m1/s1. The number of morpholine rings is 1. The van der Waals surface area contributed by atoms with Gasteiger partial charge in [-0.05, 0) is 6.07 Å². The Morgan fingerprint density at radius 2 is 2.41 bits per heavy atom. The molecule has 3 heterocycles. The Bertz CT molecular complexity index is 570. The molecule has 0 saturated carbocycles. The van der Waals surface area contributed by atoms with Crippen LogP contribution in [-0.4, -0.2) is 67.3 Å². The van der Waals surface area contributed by atoms with Crippen molar-refractivity contribution in [2.24, 2.45) is 0 Å². The first-order chi connectivity index (χ1) is 10.7. The van der Waals surface area contributed by atoms with E-state index < -0.39 is 6.10 Å². The minimum atomic E-state index is -0.461. The van der Waals surface area contributed by atoms with E-state index in [0.29, 0.717) is 32.1 Å². The molecule has 8 nitrogen and oxygen atoms in total. The van der Waals surface area contributed by atoms with Crippen molar-refractivity contribution in [1.29, 1.82) is 0 Å². The maximum absolute atomic E-state index is 10.2. The Morgan fingerprint density at radius 1 is 1.50 bits per heavy atom. The second kappa shape index (κ2) is 6.99. The number of β-amino-alcohol motifs (C(OH)–C–C–N with tert-alkyl or cyclic N) is 1. The Balaban J connectivity index is 1.53. The molecule has 1 aliphatic rings. The lowest BCUT2D eigenvalue weighted by Gasteiger charge is -2.32. The summed E-state index contributed by atoms with van der Waals surface area (Å²) in [7, 11) is 0. The number of aliphatic hydroxyl groups excluding tert-OH is 1. The number of aromatic amines is 1. The van der Waals surface area contributed by atoms with Crippen molar-refractivity contribution in [2.75, 3.05) is 26.2 Å². The minimum absolute atomic E-state index is 0.137. The summed E-state index contributed by atoms with van der Waals surface area (Å²) in [6, 6.07) is 1.85. The molecule has 1 aliphatic heterocycles. The summed E-state index contributed by atoms with van der Waals surface area (Å²) in [5.41, 5.74) is 0. The van der Waals surface area contributed by atoms with Gasteiger partial charge in [-0.25, -0.2) is 4.98 Å². The summed E-state index contributed by atoms with van der Waals surface area (Å²) in [4.78, 5) is 6.62. The second-order valence-electron chi connectivity index (χ2n) is 5.49. The number of hydrogen-bond donors (Lipinski definition) is 2. The summed E-state index contributed by atoms with van der Waals surface area (Å²) in [6.45, 7) is 5.23. The number of ether oxygens (including phenoxy) is 1. The van der Waals surface area contributed by atoms with Gasteiger partial charge in [-0.2, -0.15) is 10.2 Å². The van der Waals surface area contributed by atoms with Crippen LogP contribution in [0.25, 0.3) is 0 Å². The van der Waals surface area contributed by atoms with Gasteiger partial charge < -0.3 is 9.84 Å². The predicted molar refractivity (Wildman–Crippen MR) is 79.1 cm³/mol. The van der Waals surface area contributed by atoms with E-state index >= 15 is 0 Å². The molecule has 0 aromatic carbocycles. The molecule has 1 saturated heterocycles. The van der Waals surface area contributed by atoms with Gasteiger partial charge in [0.15, 0.2) is 5.82 Å². The maximum atomic E-state index is 10.2. The van der Waals surface area contributed by atoms with Gasteiger partial charge >= 0.3 is 0 Å². The first-order valence-electron chi connectivity index (χ1n) is 7.65.